The third-order valence-corrected chi connectivity index (χ3v) is 3.22. The molecule has 1 aromatic heterocycles. The highest BCUT2D eigenvalue weighted by atomic mass is 79.9. The van der Waals surface area contributed by atoms with Crippen LogP contribution in [-0.2, 0) is 0 Å². The number of aromatic nitrogens is 1. The SMILES string of the molecule is Cc1cnc(C(C)C)c(C)c1Br. The van der Waals surface area contributed by atoms with Crippen LogP contribution in [0.4, 0.5) is 0 Å². The number of hydrogen-bond donors (Lipinski definition) is 0. The molecule has 0 bridgehead atoms. The minimum Gasteiger partial charge on any atom is -0.260 e. The molecule has 0 saturated carbocycles. The van der Waals surface area contributed by atoms with Crippen molar-refractivity contribution in [1.82, 2.24) is 4.98 Å². The van der Waals surface area contributed by atoms with E-state index in [4.69, 9.17) is 0 Å². The Morgan fingerprint density at radius 2 is 1.92 bits per heavy atom. The summed E-state index contributed by atoms with van der Waals surface area (Å²) in [6, 6.07) is 0. The Morgan fingerprint density at radius 1 is 1.33 bits per heavy atom. The van der Waals surface area contributed by atoms with Crippen molar-refractivity contribution >= 4 is 15.9 Å². The van der Waals surface area contributed by atoms with Crippen LogP contribution in [0, 0.1) is 13.8 Å². The van der Waals surface area contributed by atoms with E-state index >= 15 is 0 Å². The summed E-state index contributed by atoms with van der Waals surface area (Å²) in [5, 5.41) is 0. The van der Waals surface area contributed by atoms with E-state index in [2.05, 4.69) is 48.6 Å². The van der Waals surface area contributed by atoms with Gasteiger partial charge in [-0.25, -0.2) is 0 Å². The topological polar surface area (TPSA) is 12.9 Å². The zero-order chi connectivity index (χ0) is 9.30. The van der Waals surface area contributed by atoms with Crippen LogP contribution in [0.3, 0.4) is 0 Å². The standard InChI is InChI=1S/C10H14BrN/c1-6(2)10-8(4)9(11)7(3)5-12-10/h5-6H,1-4H3. The van der Waals surface area contributed by atoms with Gasteiger partial charge in [0.25, 0.3) is 0 Å². The van der Waals surface area contributed by atoms with Gasteiger partial charge in [-0.2, -0.15) is 0 Å². The summed E-state index contributed by atoms with van der Waals surface area (Å²) in [6.07, 6.45) is 1.92. The van der Waals surface area contributed by atoms with Gasteiger partial charge in [-0.1, -0.05) is 29.8 Å². The molecule has 0 fully saturated rings. The molecular weight excluding hydrogens is 214 g/mol. The molecule has 0 spiro atoms. The molecule has 0 saturated heterocycles. The van der Waals surface area contributed by atoms with Gasteiger partial charge in [0, 0.05) is 16.4 Å². The van der Waals surface area contributed by atoms with E-state index in [0.717, 1.165) is 0 Å². The lowest BCUT2D eigenvalue weighted by atomic mass is 10.0. The zero-order valence-corrected chi connectivity index (χ0v) is 9.57. The van der Waals surface area contributed by atoms with Crippen LogP contribution < -0.4 is 0 Å². The molecule has 0 aliphatic carbocycles. The fourth-order valence-corrected chi connectivity index (χ4v) is 1.62. The largest absolute Gasteiger partial charge is 0.260 e. The normalized spacial score (nSPS) is 10.8. The molecule has 1 heterocycles. The molecule has 1 rings (SSSR count). The second kappa shape index (κ2) is 3.56. The Morgan fingerprint density at radius 3 is 2.42 bits per heavy atom. The van der Waals surface area contributed by atoms with Crippen molar-refractivity contribution < 1.29 is 0 Å². The first-order valence-electron chi connectivity index (χ1n) is 4.15. The molecule has 0 aliphatic rings. The summed E-state index contributed by atoms with van der Waals surface area (Å²) >= 11 is 3.56. The maximum atomic E-state index is 4.41. The Balaban J connectivity index is 3.27. The maximum Gasteiger partial charge on any atom is 0.0469 e. The number of pyridine rings is 1. The third-order valence-electron chi connectivity index (χ3n) is 2.00. The molecule has 0 unspecified atom stereocenters. The van der Waals surface area contributed by atoms with Crippen molar-refractivity contribution in [3.05, 3.63) is 27.5 Å². The van der Waals surface area contributed by atoms with Gasteiger partial charge in [-0.3, -0.25) is 4.98 Å². The fraction of sp³-hybridized carbons (Fsp3) is 0.500. The summed E-state index contributed by atoms with van der Waals surface area (Å²) < 4.78 is 1.20. The minimum absolute atomic E-state index is 0.502. The predicted octanol–water partition coefficient (Wildman–Crippen LogP) is 3.58. The number of hydrogen-bond acceptors (Lipinski definition) is 1. The number of rotatable bonds is 1. The molecule has 0 aromatic carbocycles. The van der Waals surface area contributed by atoms with E-state index in [1.807, 2.05) is 6.20 Å². The smallest absolute Gasteiger partial charge is 0.0469 e. The van der Waals surface area contributed by atoms with Gasteiger partial charge < -0.3 is 0 Å². The molecule has 66 valence electrons. The van der Waals surface area contributed by atoms with Crippen LogP contribution in [-0.4, -0.2) is 4.98 Å². The molecule has 0 radical (unpaired) electrons. The number of halogens is 1. The summed E-state index contributed by atoms with van der Waals surface area (Å²) in [4.78, 5) is 4.41. The van der Waals surface area contributed by atoms with Crippen molar-refractivity contribution in [1.29, 1.82) is 0 Å². The first kappa shape index (κ1) is 9.72. The van der Waals surface area contributed by atoms with Crippen LogP contribution in [0.1, 0.15) is 36.6 Å². The molecule has 2 heteroatoms. The van der Waals surface area contributed by atoms with Crippen LogP contribution >= 0.6 is 15.9 Å². The quantitative estimate of drug-likeness (QED) is 0.715. The van der Waals surface area contributed by atoms with Gasteiger partial charge in [-0.05, 0) is 30.9 Å². The van der Waals surface area contributed by atoms with Crippen LogP contribution in [0.15, 0.2) is 10.7 Å². The van der Waals surface area contributed by atoms with Crippen molar-refractivity contribution in [2.45, 2.75) is 33.6 Å². The van der Waals surface area contributed by atoms with Crippen molar-refractivity contribution in [3.8, 4) is 0 Å². The van der Waals surface area contributed by atoms with E-state index in [-0.39, 0.29) is 0 Å². The van der Waals surface area contributed by atoms with Gasteiger partial charge >= 0.3 is 0 Å². The van der Waals surface area contributed by atoms with E-state index < -0.39 is 0 Å². The molecular formula is C10H14BrN. The van der Waals surface area contributed by atoms with Gasteiger partial charge in [0.2, 0.25) is 0 Å². The molecule has 0 amide bonds. The second-order valence-electron chi connectivity index (χ2n) is 3.42. The van der Waals surface area contributed by atoms with E-state index in [0.29, 0.717) is 5.92 Å². The minimum atomic E-state index is 0.502. The summed E-state index contributed by atoms with van der Waals surface area (Å²) in [7, 11) is 0. The Bertz CT molecular complexity index is 292. The lowest BCUT2D eigenvalue weighted by Gasteiger charge is -2.11. The first-order chi connectivity index (χ1) is 5.54. The van der Waals surface area contributed by atoms with E-state index in [1.54, 1.807) is 0 Å². The predicted molar refractivity (Wildman–Crippen MR) is 55.5 cm³/mol. The fourth-order valence-electron chi connectivity index (χ4n) is 1.31. The Hall–Kier alpha value is -0.370. The van der Waals surface area contributed by atoms with Crippen molar-refractivity contribution in [2.24, 2.45) is 0 Å². The summed E-state index contributed by atoms with van der Waals surface area (Å²) in [6.45, 7) is 8.50. The highest BCUT2D eigenvalue weighted by Crippen LogP contribution is 2.25. The first-order valence-corrected chi connectivity index (χ1v) is 4.95. The number of aryl methyl sites for hydroxylation is 1. The van der Waals surface area contributed by atoms with Gasteiger partial charge in [0.15, 0.2) is 0 Å². The van der Waals surface area contributed by atoms with Gasteiger partial charge in [0.1, 0.15) is 0 Å². The lowest BCUT2D eigenvalue weighted by Crippen LogP contribution is -1.98. The van der Waals surface area contributed by atoms with Crippen LogP contribution in [0.2, 0.25) is 0 Å². The third kappa shape index (κ3) is 1.69. The van der Waals surface area contributed by atoms with E-state index in [9.17, 15) is 0 Å². The van der Waals surface area contributed by atoms with Gasteiger partial charge in [0.05, 0.1) is 0 Å². The maximum absolute atomic E-state index is 4.41. The highest BCUT2D eigenvalue weighted by Gasteiger charge is 2.08. The Labute approximate surface area is 82.3 Å². The molecule has 0 aliphatic heterocycles. The molecule has 0 atom stereocenters. The number of nitrogens with zero attached hydrogens (tertiary/aromatic N) is 1. The monoisotopic (exact) mass is 227 g/mol. The van der Waals surface area contributed by atoms with Crippen LogP contribution in [0.5, 0.6) is 0 Å². The van der Waals surface area contributed by atoms with Gasteiger partial charge in [-0.15, -0.1) is 0 Å². The average molecular weight is 228 g/mol. The van der Waals surface area contributed by atoms with E-state index in [1.165, 1.54) is 21.3 Å². The molecule has 1 nitrogen and oxygen atoms in total. The van der Waals surface area contributed by atoms with Crippen LogP contribution in [0.25, 0.3) is 0 Å². The lowest BCUT2D eigenvalue weighted by molar-refractivity contribution is 0.807. The van der Waals surface area contributed by atoms with Crippen molar-refractivity contribution in [3.63, 3.8) is 0 Å². The van der Waals surface area contributed by atoms with Crippen molar-refractivity contribution in [2.75, 3.05) is 0 Å². The average Bonchev–Trinajstić information content (AvgIpc) is 2.00. The molecule has 1 aromatic rings. The highest BCUT2D eigenvalue weighted by molar-refractivity contribution is 9.10. The summed E-state index contributed by atoms with van der Waals surface area (Å²) in [5.74, 6) is 0.502. The second-order valence-corrected chi connectivity index (χ2v) is 4.21. The Kier molecular flexibility index (Phi) is 2.89. The molecule has 0 N–H and O–H groups in total. The summed E-state index contributed by atoms with van der Waals surface area (Å²) in [5.41, 5.74) is 3.66. The molecule has 12 heavy (non-hydrogen) atoms. The zero-order valence-electron chi connectivity index (χ0n) is 7.98.